The first-order chi connectivity index (χ1) is 6.67. The van der Waals surface area contributed by atoms with Crippen molar-refractivity contribution in [2.45, 2.75) is 25.7 Å². The molecule has 0 aromatic rings. The van der Waals surface area contributed by atoms with E-state index in [1.165, 1.54) is 19.3 Å². The molecule has 14 heavy (non-hydrogen) atoms. The Morgan fingerprint density at radius 3 is 2.36 bits per heavy atom. The second-order valence-electron chi connectivity index (χ2n) is 5.46. The molecule has 3 heteroatoms. The number of hydrogen-bond acceptors (Lipinski definition) is 2. The molecule has 0 aromatic heterocycles. The fraction of sp³-hybridized carbons (Fsp3) is 0.909. The zero-order chi connectivity index (χ0) is 9.92. The van der Waals surface area contributed by atoms with E-state index in [1.54, 1.807) is 0 Å². The van der Waals surface area contributed by atoms with Crippen molar-refractivity contribution >= 4 is 5.97 Å². The number of hydrogen-bond donors (Lipinski definition) is 2. The molecule has 0 spiro atoms. The third kappa shape index (κ3) is 0.800. The summed E-state index contributed by atoms with van der Waals surface area (Å²) in [7, 11) is 0. The lowest BCUT2D eigenvalue weighted by molar-refractivity contribution is -0.158. The van der Waals surface area contributed by atoms with Crippen LogP contribution in [0.25, 0.3) is 0 Å². The minimum Gasteiger partial charge on any atom is -0.481 e. The molecular formula is C11H17NO2. The molecule has 0 aromatic carbocycles. The van der Waals surface area contributed by atoms with Crippen LogP contribution in [0.3, 0.4) is 0 Å². The molecule has 0 heterocycles. The summed E-state index contributed by atoms with van der Waals surface area (Å²) in [5.41, 5.74) is 5.81. The van der Waals surface area contributed by atoms with Gasteiger partial charge in [-0.15, -0.1) is 0 Å². The maximum absolute atomic E-state index is 10.9. The molecular weight excluding hydrogens is 178 g/mol. The average molecular weight is 195 g/mol. The van der Waals surface area contributed by atoms with Crippen molar-refractivity contribution in [3.63, 3.8) is 0 Å². The standard InChI is InChI=1S/C11H17NO2/c12-5-11(4-10(13)14)8-2-6-1-7(8)9(11)3-6/h6-9H,1-5,12H2,(H,13,14)/t6-,7+,8-,9+,11+. The third-order valence-electron chi connectivity index (χ3n) is 5.15. The van der Waals surface area contributed by atoms with Crippen molar-refractivity contribution in [2.75, 3.05) is 6.54 Å². The minimum atomic E-state index is -0.663. The summed E-state index contributed by atoms with van der Waals surface area (Å²) in [6.45, 7) is 0.581. The van der Waals surface area contributed by atoms with Crippen molar-refractivity contribution in [1.82, 2.24) is 0 Å². The van der Waals surface area contributed by atoms with Gasteiger partial charge < -0.3 is 10.8 Å². The van der Waals surface area contributed by atoms with Crippen LogP contribution in [0.5, 0.6) is 0 Å². The number of carboxylic acids is 1. The van der Waals surface area contributed by atoms with Gasteiger partial charge in [0.15, 0.2) is 0 Å². The highest BCUT2D eigenvalue weighted by atomic mass is 16.4. The Labute approximate surface area is 83.7 Å². The summed E-state index contributed by atoms with van der Waals surface area (Å²) >= 11 is 0. The molecule has 5 atom stereocenters. The van der Waals surface area contributed by atoms with Gasteiger partial charge in [-0.2, -0.15) is 0 Å². The second kappa shape index (κ2) is 2.51. The summed E-state index contributed by atoms with van der Waals surface area (Å²) in [4.78, 5) is 10.9. The van der Waals surface area contributed by atoms with Gasteiger partial charge in [0.25, 0.3) is 0 Å². The lowest BCUT2D eigenvalue weighted by atomic mass is 9.44. The maximum Gasteiger partial charge on any atom is 0.303 e. The van der Waals surface area contributed by atoms with Gasteiger partial charge >= 0.3 is 5.97 Å². The largest absolute Gasteiger partial charge is 0.481 e. The molecule has 0 unspecified atom stereocenters. The Hall–Kier alpha value is -0.570. The number of aliphatic carboxylic acids is 1. The van der Waals surface area contributed by atoms with Gasteiger partial charge in [-0.25, -0.2) is 0 Å². The van der Waals surface area contributed by atoms with E-state index >= 15 is 0 Å². The molecule has 3 nitrogen and oxygen atoms in total. The van der Waals surface area contributed by atoms with Gasteiger partial charge in [-0.05, 0) is 54.9 Å². The first-order valence-corrected chi connectivity index (χ1v) is 5.59. The Kier molecular flexibility index (Phi) is 1.56. The molecule has 3 fully saturated rings. The van der Waals surface area contributed by atoms with Crippen molar-refractivity contribution in [2.24, 2.45) is 34.8 Å². The predicted octanol–water partition coefficient (Wildman–Crippen LogP) is 1.08. The lowest BCUT2D eigenvalue weighted by Crippen LogP contribution is -2.60. The van der Waals surface area contributed by atoms with Gasteiger partial charge in [-0.3, -0.25) is 4.79 Å². The maximum atomic E-state index is 10.9. The van der Waals surface area contributed by atoms with E-state index in [1.807, 2.05) is 0 Å². The Balaban J connectivity index is 1.86. The number of nitrogens with two attached hydrogens (primary N) is 1. The van der Waals surface area contributed by atoms with Crippen LogP contribution in [0.1, 0.15) is 25.7 Å². The highest BCUT2D eigenvalue weighted by molar-refractivity contribution is 5.68. The smallest absolute Gasteiger partial charge is 0.303 e. The van der Waals surface area contributed by atoms with E-state index in [2.05, 4.69) is 0 Å². The zero-order valence-corrected chi connectivity index (χ0v) is 8.28. The summed E-state index contributed by atoms with van der Waals surface area (Å²) < 4.78 is 0. The van der Waals surface area contributed by atoms with Gasteiger partial charge in [0, 0.05) is 0 Å². The molecule has 3 N–H and O–H groups in total. The number of rotatable bonds is 3. The monoisotopic (exact) mass is 195 g/mol. The van der Waals surface area contributed by atoms with Crippen molar-refractivity contribution in [1.29, 1.82) is 0 Å². The van der Waals surface area contributed by atoms with Gasteiger partial charge in [0.1, 0.15) is 0 Å². The van der Waals surface area contributed by atoms with E-state index in [4.69, 9.17) is 10.8 Å². The Morgan fingerprint density at radius 1 is 1.36 bits per heavy atom. The first-order valence-electron chi connectivity index (χ1n) is 5.59. The molecule has 3 aliphatic rings. The van der Waals surface area contributed by atoms with Crippen molar-refractivity contribution < 1.29 is 9.90 Å². The van der Waals surface area contributed by atoms with Crippen molar-refractivity contribution in [3.05, 3.63) is 0 Å². The highest BCUT2D eigenvalue weighted by Crippen LogP contribution is 2.73. The first kappa shape index (κ1) is 8.72. The normalized spacial score (nSPS) is 53.2. The fourth-order valence-corrected chi connectivity index (χ4v) is 4.75. The van der Waals surface area contributed by atoms with Gasteiger partial charge in [0.2, 0.25) is 0 Å². The summed E-state index contributed by atoms with van der Waals surface area (Å²) in [6.07, 6.45) is 4.18. The van der Waals surface area contributed by atoms with E-state index in [9.17, 15) is 4.79 Å². The quantitative estimate of drug-likeness (QED) is 0.708. The molecule has 78 valence electrons. The van der Waals surface area contributed by atoms with Crippen molar-refractivity contribution in [3.8, 4) is 0 Å². The number of carboxylic acid groups (broad SMARTS) is 1. The molecule has 0 aliphatic heterocycles. The lowest BCUT2D eigenvalue weighted by Gasteiger charge is -2.60. The van der Waals surface area contributed by atoms with E-state index in [-0.39, 0.29) is 5.41 Å². The minimum absolute atomic E-state index is 0.0104. The molecule has 3 saturated carbocycles. The van der Waals surface area contributed by atoms with Crippen LogP contribution < -0.4 is 5.73 Å². The molecule has 3 rings (SSSR count). The van der Waals surface area contributed by atoms with Crippen LogP contribution in [0.15, 0.2) is 0 Å². The van der Waals surface area contributed by atoms with E-state index in [0.29, 0.717) is 24.8 Å². The van der Waals surface area contributed by atoms with Gasteiger partial charge in [0.05, 0.1) is 6.42 Å². The van der Waals surface area contributed by atoms with Crippen LogP contribution >= 0.6 is 0 Å². The number of carbonyl (C=O) groups is 1. The molecule has 3 aliphatic carbocycles. The Bertz CT molecular complexity index is 275. The van der Waals surface area contributed by atoms with E-state index in [0.717, 1.165) is 11.8 Å². The summed E-state index contributed by atoms with van der Waals surface area (Å²) in [6, 6.07) is 0. The van der Waals surface area contributed by atoms with Gasteiger partial charge in [-0.1, -0.05) is 0 Å². The SMILES string of the molecule is NC[C@@]1(CC(=O)O)[C@@H]2C[C@H]3C[C@@H]2[C@@H]1C3. The van der Waals surface area contributed by atoms with Crippen LogP contribution in [-0.4, -0.2) is 17.6 Å². The molecule has 0 radical (unpaired) electrons. The number of fused-ring (bicyclic) bond motifs is 1. The highest BCUT2D eigenvalue weighted by Gasteiger charge is 2.68. The van der Waals surface area contributed by atoms with Crippen LogP contribution in [-0.2, 0) is 4.79 Å². The predicted molar refractivity (Wildman–Crippen MR) is 51.6 cm³/mol. The molecule has 0 amide bonds. The van der Waals surface area contributed by atoms with Crippen LogP contribution in [0.4, 0.5) is 0 Å². The van der Waals surface area contributed by atoms with Crippen LogP contribution in [0, 0.1) is 29.1 Å². The Morgan fingerprint density at radius 2 is 2.00 bits per heavy atom. The topological polar surface area (TPSA) is 63.3 Å². The zero-order valence-electron chi connectivity index (χ0n) is 8.28. The average Bonchev–Trinajstić information content (AvgIpc) is 2.70. The summed E-state index contributed by atoms with van der Waals surface area (Å²) in [5.74, 6) is 2.37. The summed E-state index contributed by atoms with van der Waals surface area (Å²) in [5, 5.41) is 8.94. The molecule has 2 bridgehead atoms. The third-order valence-corrected chi connectivity index (χ3v) is 5.15. The van der Waals surface area contributed by atoms with E-state index < -0.39 is 5.97 Å². The van der Waals surface area contributed by atoms with Crippen LogP contribution in [0.2, 0.25) is 0 Å². The fourth-order valence-electron chi connectivity index (χ4n) is 4.75. The molecule has 0 saturated heterocycles. The second-order valence-corrected chi connectivity index (χ2v) is 5.46.